The lowest BCUT2D eigenvalue weighted by atomic mass is 9.80. The number of likely N-dealkylation sites (tertiary alicyclic amines) is 1. The summed E-state index contributed by atoms with van der Waals surface area (Å²) in [4.78, 5) is 2.53. The van der Waals surface area contributed by atoms with Crippen molar-refractivity contribution in [1.29, 1.82) is 0 Å². The van der Waals surface area contributed by atoms with E-state index in [1.165, 1.54) is 64.6 Å². The summed E-state index contributed by atoms with van der Waals surface area (Å²) in [6.07, 6.45) is 9.28. The minimum atomic E-state index is 0.202. The molecule has 2 heteroatoms. The molecule has 2 fully saturated rings. The van der Waals surface area contributed by atoms with Crippen molar-refractivity contribution in [3.63, 3.8) is 0 Å². The Morgan fingerprint density at radius 2 is 1.69 bits per heavy atom. The van der Waals surface area contributed by atoms with Crippen molar-refractivity contribution in [3.05, 3.63) is 0 Å². The monoisotopic (exact) mass is 182 g/mol. The van der Waals surface area contributed by atoms with E-state index in [0.717, 1.165) is 0 Å². The first-order chi connectivity index (χ1) is 6.29. The molecule has 0 bridgehead atoms. The smallest absolute Gasteiger partial charge is 0.0166 e. The topological polar surface area (TPSA) is 29.3 Å². The fourth-order valence-corrected chi connectivity index (χ4v) is 2.49. The van der Waals surface area contributed by atoms with Crippen molar-refractivity contribution in [2.24, 2.45) is 5.73 Å². The normalized spacial score (nSPS) is 28.4. The first-order valence-corrected chi connectivity index (χ1v) is 5.80. The van der Waals surface area contributed by atoms with Gasteiger partial charge in [-0.3, -0.25) is 0 Å². The maximum Gasteiger partial charge on any atom is 0.0166 e. The Morgan fingerprint density at radius 1 is 1.00 bits per heavy atom. The molecule has 2 N–H and O–H groups in total. The number of hydrogen-bond acceptors (Lipinski definition) is 2. The zero-order valence-corrected chi connectivity index (χ0v) is 8.60. The average molecular weight is 182 g/mol. The minimum Gasteiger partial charge on any atom is -0.325 e. The zero-order chi connectivity index (χ0) is 9.15. The van der Waals surface area contributed by atoms with Crippen LogP contribution in [-0.2, 0) is 0 Å². The predicted octanol–water partition coefficient (Wildman–Crippen LogP) is 1.74. The molecular weight excluding hydrogens is 160 g/mol. The van der Waals surface area contributed by atoms with Crippen LogP contribution >= 0.6 is 0 Å². The van der Waals surface area contributed by atoms with Crippen LogP contribution in [0, 0.1) is 0 Å². The molecule has 1 aliphatic heterocycles. The molecule has 1 aliphatic carbocycles. The van der Waals surface area contributed by atoms with E-state index in [1.807, 2.05) is 0 Å². The van der Waals surface area contributed by atoms with Crippen molar-refractivity contribution in [2.75, 3.05) is 19.6 Å². The van der Waals surface area contributed by atoms with Crippen molar-refractivity contribution in [3.8, 4) is 0 Å². The second-order valence-electron chi connectivity index (χ2n) is 4.87. The van der Waals surface area contributed by atoms with Gasteiger partial charge in [-0.15, -0.1) is 0 Å². The SMILES string of the molecule is NC1(CCN2CCC2)CCCCC1. The van der Waals surface area contributed by atoms with Crippen LogP contribution in [0.1, 0.15) is 44.9 Å². The third-order valence-electron chi connectivity index (χ3n) is 3.72. The summed E-state index contributed by atoms with van der Waals surface area (Å²) in [5, 5.41) is 0. The maximum atomic E-state index is 6.36. The summed E-state index contributed by atoms with van der Waals surface area (Å²) in [6, 6.07) is 0. The van der Waals surface area contributed by atoms with Gasteiger partial charge in [0, 0.05) is 5.54 Å². The van der Waals surface area contributed by atoms with Crippen LogP contribution in [0.25, 0.3) is 0 Å². The summed E-state index contributed by atoms with van der Waals surface area (Å²) < 4.78 is 0. The summed E-state index contributed by atoms with van der Waals surface area (Å²) in [6.45, 7) is 3.88. The van der Waals surface area contributed by atoms with Crippen LogP contribution in [0.5, 0.6) is 0 Å². The van der Waals surface area contributed by atoms with Gasteiger partial charge in [0.25, 0.3) is 0 Å². The van der Waals surface area contributed by atoms with Gasteiger partial charge < -0.3 is 10.6 Å². The average Bonchev–Trinajstić information content (AvgIpc) is 2.02. The molecule has 2 aliphatic rings. The molecule has 1 heterocycles. The van der Waals surface area contributed by atoms with E-state index in [0.29, 0.717) is 0 Å². The highest BCUT2D eigenvalue weighted by Gasteiger charge is 2.28. The summed E-state index contributed by atoms with van der Waals surface area (Å²) in [5.74, 6) is 0. The van der Waals surface area contributed by atoms with Gasteiger partial charge in [0.15, 0.2) is 0 Å². The quantitative estimate of drug-likeness (QED) is 0.720. The molecule has 1 saturated carbocycles. The molecule has 0 aromatic heterocycles. The maximum absolute atomic E-state index is 6.36. The van der Waals surface area contributed by atoms with Crippen molar-refractivity contribution < 1.29 is 0 Å². The van der Waals surface area contributed by atoms with E-state index >= 15 is 0 Å². The summed E-state index contributed by atoms with van der Waals surface area (Å²) in [5.41, 5.74) is 6.56. The Hall–Kier alpha value is -0.0800. The lowest BCUT2D eigenvalue weighted by molar-refractivity contribution is 0.150. The first-order valence-electron chi connectivity index (χ1n) is 5.80. The lowest BCUT2D eigenvalue weighted by Gasteiger charge is -2.38. The van der Waals surface area contributed by atoms with Crippen LogP contribution in [0.4, 0.5) is 0 Å². The molecule has 0 unspecified atom stereocenters. The van der Waals surface area contributed by atoms with E-state index in [4.69, 9.17) is 5.73 Å². The van der Waals surface area contributed by atoms with Crippen LogP contribution in [0.15, 0.2) is 0 Å². The summed E-state index contributed by atoms with van der Waals surface area (Å²) >= 11 is 0. The Balaban J connectivity index is 1.71. The van der Waals surface area contributed by atoms with Gasteiger partial charge in [-0.05, 0) is 45.3 Å². The fourth-order valence-electron chi connectivity index (χ4n) is 2.49. The number of nitrogens with zero attached hydrogens (tertiary/aromatic N) is 1. The van der Waals surface area contributed by atoms with E-state index in [-0.39, 0.29) is 5.54 Å². The molecule has 0 amide bonds. The molecular formula is C11H22N2. The van der Waals surface area contributed by atoms with Crippen LogP contribution < -0.4 is 5.73 Å². The molecule has 0 aromatic carbocycles. The molecule has 0 spiro atoms. The molecule has 2 rings (SSSR count). The Morgan fingerprint density at radius 3 is 2.23 bits per heavy atom. The van der Waals surface area contributed by atoms with Crippen molar-refractivity contribution >= 4 is 0 Å². The second kappa shape index (κ2) is 3.97. The standard InChI is InChI=1S/C11H22N2/c12-11(5-2-1-3-6-11)7-10-13-8-4-9-13/h1-10,12H2. The summed E-state index contributed by atoms with van der Waals surface area (Å²) in [7, 11) is 0. The van der Waals surface area contributed by atoms with Crippen LogP contribution in [0.3, 0.4) is 0 Å². The van der Waals surface area contributed by atoms with Gasteiger partial charge in [0.05, 0.1) is 0 Å². The van der Waals surface area contributed by atoms with Crippen molar-refractivity contribution in [2.45, 2.75) is 50.5 Å². The molecule has 0 aromatic rings. The van der Waals surface area contributed by atoms with Crippen molar-refractivity contribution in [1.82, 2.24) is 4.90 Å². The van der Waals surface area contributed by atoms with Gasteiger partial charge in [-0.25, -0.2) is 0 Å². The highest BCUT2D eigenvalue weighted by atomic mass is 15.2. The second-order valence-corrected chi connectivity index (χ2v) is 4.87. The van der Waals surface area contributed by atoms with Gasteiger partial charge in [0.1, 0.15) is 0 Å². The van der Waals surface area contributed by atoms with E-state index < -0.39 is 0 Å². The highest BCUT2D eigenvalue weighted by Crippen LogP contribution is 2.29. The molecule has 13 heavy (non-hydrogen) atoms. The Labute approximate surface area is 81.5 Å². The minimum absolute atomic E-state index is 0.202. The van der Waals surface area contributed by atoms with E-state index in [9.17, 15) is 0 Å². The first kappa shape index (κ1) is 9.47. The Kier molecular flexibility index (Phi) is 2.89. The fraction of sp³-hybridized carbons (Fsp3) is 1.00. The lowest BCUT2D eigenvalue weighted by Crippen LogP contribution is -2.47. The number of rotatable bonds is 3. The Bertz CT molecular complexity index is 157. The van der Waals surface area contributed by atoms with Crippen LogP contribution in [-0.4, -0.2) is 30.1 Å². The highest BCUT2D eigenvalue weighted by molar-refractivity contribution is 4.88. The molecule has 2 nitrogen and oxygen atoms in total. The molecule has 1 saturated heterocycles. The van der Waals surface area contributed by atoms with Gasteiger partial charge in [-0.2, -0.15) is 0 Å². The van der Waals surface area contributed by atoms with E-state index in [1.54, 1.807) is 0 Å². The van der Waals surface area contributed by atoms with Crippen LogP contribution in [0.2, 0.25) is 0 Å². The van der Waals surface area contributed by atoms with E-state index in [2.05, 4.69) is 4.90 Å². The zero-order valence-electron chi connectivity index (χ0n) is 8.60. The molecule has 76 valence electrons. The molecule has 0 radical (unpaired) electrons. The molecule has 0 atom stereocenters. The third kappa shape index (κ3) is 2.44. The van der Waals surface area contributed by atoms with Gasteiger partial charge in [0.2, 0.25) is 0 Å². The third-order valence-corrected chi connectivity index (χ3v) is 3.72. The largest absolute Gasteiger partial charge is 0.325 e. The van der Waals surface area contributed by atoms with Gasteiger partial charge >= 0.3 is 0 Å². The number of hydrogen-bond donors (Lipinski definition) is 1. The number of nitrogens with two attached hydrogens (primary N) is 1. The predicted molar refractivity (Wildman–Crippen MR) is 55.7 cm³/mol. The van der Waals surface area contributed by atoms with Gasteiger partial charge in [-0.1, -0.05) is 19.3 Å².